The Morgan fingerprint density at radius 1 is 0.885 bits per heavy atom. The van der Waals surface area contributed by atoms with Crippen molar-refractivity contribution in [1.82, 2.24) is 5.32 Å². The molecule has 0 saturated heterocycles. The first-order valence-corrected chi connectivity index (χ1v) is 7.26. The molecule has 1 amide bonds. The normalized spacial score (nSPS) is 14.6. The molecule has 2 rings (SSSR count). The first kappa shape index (κ1) is 19.8. The van der Waals surface area contributed by atoms with E-state index < -0.39 is 47.1 Å². The molecular weight excluding hydrogens is 364 g/mol. The first-order valence-electron chi connectivity index (χ1n) is 7.26. The van der Waals surface area contributed by atoms with Crippen molar-refractivity contribution in [2.45, 2.75) is 18.0 Å². The fourth-order valence-electron chi connectivity index (χ4n) is 2.31. The zero-order chi connectivity index (χ0) is 19.6. The van der Waals surface area contributed by atoms with E-state index in [0.717, 1.165) is 30.3 Å². The van der Waals surface area contributed by atoms with E-state index in [2.05, 4.69) is 0 Å². The van der Waals surface area contributed by atoms with E-state index >= 15 is 0 Å². The predicted octanol–water partition coefficient (Wildman–Crippen LogP) is 3.89. The number of halogens is 6. The van der Waals surface area contributed by atoms with Crippen molar-refractivity contribution in [3.05, 3.63) is 71.3 Å². The number of alkyl halides is 6. The third-order valence-electron chi connectivity index (χ3n) is 3.70. The average Bonchev–Trinajstić information content (AvgIpc) is 2.58. The van der Waals surface area contributed by atoms with E-state index in [1.165, 1.54) is 18.2 Å². The van der Waals surface area contributed by atoms with Gasteiger partial charge in [-0.2, -0.15) is 26.3 Å². The van der Waals surface area contributed by atoms with Gasteiger partial charge in [-0.1, -0.05) is 42.5 Å². The number of rotatable bonds is 4. The molecule has 0 fully saturated rings. The number of amides is 1. The van der Waals surface area contributed by atoms with Gasteiger partial charge in [-0.25, -0.2) is 0 Å². The van der Waals surface area contributed by atoms with Crippen LogP contribution in [0.15, 0.2) is 54.6 Å². The summed E-state index contributed by atoms with van der Waals surface area (Å²) in [5.74, 6) is -1.38. The van der Waals surface area contributed by atoms with Gasteiger partial charge in [-0.05, 0) is 17.7 Å². The van der Waals surface area contributed by atoms with Crippen LogP contribution >= 0.6 is 0 Å². The largest absolute Gasteiger partial charge is 0.423 e. The van der Waals surface area contributed by atoms with Crippen molar-refractivity contribution < 1.29 is 36.2 Å². The number of carbonyl (C=O) groups is 1. The van der Waals surface area contributed by atoms with E-state index in [0.29, 0.717) is 6.07 Å². The molecule has 1 atom stereocenters. The second-order valence-corrected chi connectivity index (χ2v) is 5.45. The molecular formula is C17H13F6NO2. The monoisotopic (exact) mass is 377 g/mol. The van der Waals surface area contributed by atoms with E-state index in [1.807, 2.05) is 0 Å². The lowest BCUT2D eigenvalue weighted by Gasteiger charge is -2.31. The molecule has 140 valence electrons. The first-order chi connectivity index (χ1) is 12.0. The van der Waals surface area contributed by atoms with Gasteiger partial charge >= 0.3 is 12.4 Å². The van der Waals surface area contributed by atoms with Crippen LogP contribution in [0.2, 0.25) is 0 Å². The maximum atomic E-state index is 13.3. The molecule has 2 aromatic carbocycles. The molecule has 1 unspecified atom stereocenters. The van der Waals surface area contributed by atoms with Crippen LogP contribution in [0.1, 0.15) is 21.5 Å². The van der Waals surface area contributed by atoms with Crippen molar-refractivity contribution in [2.24, 2.45) is 0 Å². The standard InChI is InChI=1S/C17H13F6NO2/c18-16(19,20)13-9-5-4-8-12(13)14(25)24-10-15(26,17(21,22)23)11-6-2-1-3-7-11/h1-9,26H,10H2,(H,24,25). The van der Waals surface area contributed by atoms with Crippen molar-refractivity contribution in [1.29, 1.82) is 0 Å². The summed E-state index contributed by atoms with van der Waals surface area (Å²) >= 11 is 0. The number of aliphatic hydroxyl groups is 1. The van der Waals surface area contributed by atoms with E-state index in [-0.39, 0.29) is 0 Å². The molecule has 2 aromatic rings. The minimum Gasteiger partial charge on any atom is -0.375 e. The summed E-state index contributed by atoms with van der Waals surface area (Å²) in [5, 5.41) is 11.8. The Morgan fingerprint density at radius 2 is 1.42 bits per heavy atom. The Balaban J connectivity index is 2.30. The van der Waals surface area contributed by atoms with E-state index in [4.69, 9.17) is 0 Å². The molecule has 9 heteroatoms. The van der Waals surface area contributed by atoms with Gasteiger partial charge in [0.25, 0.3) is 5.91 Å². The van der Waals surface area contributed by atoms with Crippen LogP contribution in [-0.2, 0) is 11.8 Å². The lowest BCUT2D eigenvalue weighted by Crippen LogP contribution is -2.51. The Bertz CT molecular complexity index is 773. The number of hydrogen-bond acceptors (Lipinski definition) is 2. The van der Waals surface area contributed by atoms with Crippen LogP contribution in [0.3, 0.4) is 0 Å². The SMILES string of the molecule is O=C(NCC(O)(c1ccccc1)C(F)(F)F)c1ccccc1C(F)(F)F. The summed E-state index contributed by atoms with van der Waals surface area (Å²) in [7, 11) is 0. The molecule has 0 spiro atoms. The van der Waals surface area contributed by atoms with Crippen LogP contribution in [0.4, 0.5) is 26.3 Å². The highest BCUT2D eigenvalue weighted by atomic mass is 19.4. The maximum Gasteiger partial charge on any atom is 0.423 e. The molecule has 0 bridgehead atoms. The molecule has 0 aliphatic rings. The number of hydrogen-bond donors (Lipinski definition) is 2. The average molecular weight is 377 g/mol. The molecule has 2 N–H and O–H groups in total. The summed E-state index contributed by atoms with van der Waals surface area (Å²) in [5.41, 5.74) is -6.11. The minimum absolute atomic E-state index is 0.545. The highest BCUT2D eigenvalue weighted by Crippen LogP contribution is 2.38. The molecule has 0 aliphatic heterocycles. The molecule has 26 heavy (non-hydrogen) atoms. The summed E-state index contributed by atoms with van der Waals surface area (Å²) in [4.78, 5) is 12.0. The second-order valence-electron chi connectivity index (χ2n) is 5.45. The Morgan fingerprint density at radius 3 is 1.96 bits per heavy atom. The predicted molar refractivity (Wildman–Crippen MR) is 80.2 cm³/mol. The van der Waals surface area contributed by atoms with Crippen LogP contribution in [0.25, 0.3) is 0 Å². The van der Waals surface area contributed by atoms with Gasteiger partial charge < -0.3 is 10.4 Å². The zero-order valence-electron chi connectivity index (χ0n) is 13.0. The van der Waals surface area contributed by atoms with Crippen LogP contribution < -0.4 is 5.32 Å². The highest BCUT2D eigenvalue weighted by Gasteiger charge is 2.55. The lowest BCUT2D eigenvalue weighted by atomic mass is 9.92. The van der Waals surface area contributed by atoms with Crippen molar-refractivity contribution in [3.63, 3.8) is 0 Å². The molecule has 0 aromatic heterocycles. The summed E-state index contributed by atoms with van der Waals surface area (Å²) in [6, 6.07) is 9.63. The number of benzene rings is 2. The van der Waals surface area contributed by atoms with Crippen molar-refractivity contribution >= 4 is 5.91 Å². The van der Waals surface area contributed by atoms with Crippen molar-refractivity contribution in [2.75, 3.05) is 6.54 Å². The van der Waals surface area contributed by atoms with Crippen LogP contribution in [-0.4, -0.2) is 23.7 Å². The molecule has 0 heterocycles. The van der Waals surface area contributed by atoms with Gasteiger partial charge in [0.2, 0.25) is 5.60 Å². The van der Waals surface area contributed by atoms with Crippen LogP contribution in [0.5, 0.6) is 0 Å². The lowest BCUT2D eigenvalue weighted by molar-refractivity contribution is -0.263. The van der Waals surface area contributed by atoms with Gasteiger partial charge in [-0.15, -0.1) is 0 Å². The van der Waals surface area contributed by atoms with Gasteiger partial charge in [0.1, 0.15) is 0 Å². The van der Waals surface area contributed by atoms with Gasteiger partial charge in [0.15, 0.2) is 0 Å². The molecule has 0 aliphatic carbocycles. The minimum atomic E-state index is -5.16. The van der Waals surface area contributed by atoms with Gasteiger partial charge in [-0.3, -0.25) is 4.79 Å². The molecule has 3 nitrogen and oxygen atoms in total. The highest BCUT2D eigenvalue weighted by molar-refractivity contribution is 5.95. The summed E-state index contributed by atoms with van der Waals surface area (Å²) in [6.45, 7) is -1.34. The second kappa shape index (κ2) is 6.99. The zero-order valence-corrected chi connectivity index (χ0v) is 13.0. The molecule has 0 saturated carbocycles. The van der Waals surface area contributed by atoms with E-state index in [9.17, 15) is 36.2 Å². The van der Waals surface area contributed by atoms with Crippen LogP contribution in [0, 0.1) is 0 Å². The number of nitrogens with one attached hydrogen (secondary N) is 1. The Hall–Kier alpha value is -2.55. The third-order valence-corrected chi connectivity index (χ3v) is 3.70. The van der Waals surface area contributed by atoms with Gasteiger partial charge in [0, 0.05) is 0 Å². The number of carbonyl (C=O) groups excluding carboxylic acids is 1. The fourth-order valence-corrected chi connectivity index (χ4v) is 2.31. The maximum absolute atomic E-state index is 13.3. The third kappa shape index (κ3) is 3.98. The summed E-state index contributed by atoms with van der Waals surface area (Å²) < 4.78 is 78.8. The summed E-state index contributed by atoms with van der Waals surface area (Å²) in [6.07, 6.45) is -10.0. The van der Waals surface area contributed by atoms with E-state index in [1.54, 1.807) is 5.32 Å². The fraction of sp³-hybridized carbons (Fsp3) is 0.235. The van der Waals surface area contributed by atoms with Crippen molar-refractivity contribution in [3.8, 4) is 0 Å². The quantitative estimate of drug-likeness (QED) is 0.795. The topological polar surface area (TPSA) is 49.3 Å². The molecule has 0 radical (unpaired) electrons. The smallest absolute Gasteiger partial charge is 0.375 e. The Kier molecular flexibility index (Phi) is 5.31. The Labute approximate surface area is 144 Å². The van der Waals surface area contributed by atoms with Gasteiger partial charge in [0.05, 0.1) is 17.7 Å².